The van der Waals surface area contributed by atoms with Gasteiger partial charge in [-0.1, -0.05) is 12.1 Å². The summed E-state index contributed by atoms with van der Waals surface area (Å²) in [4.78, 5) is 0. The van der Waals surface area contributed by atoms with Crippen LogP contribution in [0.3, 0.4) is 0 Å². The van der Waals surface area contributed by atoms with Gasteiger partial charge in [-0.05, 0) is 24.3 Å². The second-order valence-corrected chi connectivity index (χ2v) is 8.86. The van der Waals surface area contributed by atoms with E-state index in [1.807, 2.05) is 12.1 Å². The molecule has 0 unspecified atom stereocenters. The Bertz CT molecular complexity index is 819. The lowest BCUT2D eigenvalue weighted by Crippen LogP contribution is -3.61. The van der Waals surface area contributed by atoms with Crippen molar-refractivity contribution >= 4 is 10.1 Å². The third-order valence-corrected chi connectivity index (χ3v) is 6.33. The molecule has 0 bridgehead atoms. The van der Waals surface area contributed by atoms with Crippen LogP contribution in [0.15, 0.2) is 42.5 Å². The van der Waals surface area contributed by atoms with Crippen molar-refractivity contribution in [3.8, 4) is 11.1 Å². The van der Waals surface area contributed by atoms with Gasteiger partial charge >= 0.3 is 27.4 Å². The molecule has 3 nitrogen and oxygen atoms in total. The molecule has 1 aliphatic heterocycles. The molecule has 0 spiro atoms. The summed E-state index contributed by atoms with van der Waals surface area (Å²) in [6.45, 7) is 0. The van der Waals surface area contributed by atoms with Crippen LogP contribution < -0.4 is 21.2 Å². The molecule has 0 aromatic heterocycles. The van der Waals surface area contributed by atoms with Crippen molar-refractivity contribution in [2.75, 3.05) is 5.75 Å². The molecule has 124 valence electrons. The molecule has 0 radical (unpaired) electrons. The molecule has 1 aliphatic rings. The molecule has 1 heterocycles. The van der Waals surface area contributed by atoms with E-state index in [1.54, 1.807) is 12.1 Å². The summed E-state index contributed by atoms with van der Waals surface area (Å²) < 4.78 is 75.2. The molecular formula is C14H10F4IO3S+. The smallest absolute Gasteiger partial charge is 0.285 e. The zero-order valence-electron chi connectivity index (χ0n) is 11.3. The second kappa shape index (κ2) is 6.73. The molecule has 1 N–H and O–H groups in total. The summed E-state index contributed by atoms with van der Waals surface area (Å²) in [5.41, 5.74) is 2.53. The highest BCUT2D eigenvalue weighted by Gasteiger charge is 2.34. The summed E-state index contributed by atoms with van der Waals surface area (Å²) in [6.07, 6.45) is -4.85. The van der Waals surface area contributed by atoms with E-state index in [0.717, 1.165) is 0 Å². The largest absolute Gasteiger partial charge is 0.405 e. The molecule has 0 fully saturated rings. The second-order valence-electron chi connectivity index (χ2n) is 4.54. The Labute approximate surface area is 140 Å². The molecule has 0 amide bonds. The van der Waals surface area contributed by atoms with E-state index in [4.69, 9.17) is 4.55 Å². The van der Waals surface area contributed by atoms with Gasteiger partial charge in [-0.2, -0.15) is 21.6 Å². The van der Waals surface area contributed by atoms with Gasteiger partial charge in [-0.25, -0.2) is 4.39 Å². The molecule has 2 aromatic carbocycles. The van der Waals surface area contributed by atoms with Gasteiger partial charge in [0, 0.05) is 17.2 Å². The van der Waals surface area contributed by atoms with Crippen LogP contribution in [0.2, 0.25) is 0 Å². The lowest BCUT2D eigenvalue weighted by atomic mass is 10.1. The molecule has 0 aliphatic carbocycles. The predicted octanol–water partition coefficient (Wildman–Crippen LogP) is 0.371. The molecule has 9 heteroatoms. The van der Waals surface area contributed by atoms with E-state index in [2.05, 4.69) is 18.2 Å². The molecule has 0 atom stereocenters. The van der Waals surface area contributed by atoms with Crippen molar-refractivity contribution in [1.82, 2.24) is 0 Å². The lowest BCUT2D eigenvalue weighted by molar-refractivity contribution is -0.590. The first-order valence-electron chi connectivity index (χ1n) is 6.11. The van der Waals surface area contributed by atoms with Crippen molar-refractivity contribution in [3.63, 3.8) is 0 Å². The van der Waals surface area contributed by atoms with Crippen LogP contribution in [-0.4, -0.2) is 24.9 Å². The number of benzene rings is 2. The fraction of sp³-hybridized carbons (Fsp3) is 0.143. The van der Waals surface area contributed by atoms with Crippen LogP contribution in [0, 0.1) is 13.0 Å². The third-order valence-electron chi connectivity index (χ3n) is 2.64. The first kappa shape index (κ1) is 18.1. The molecule has 0 saturated heterocycles. The van der Waals surface area contributed by atoms with E-state index in [0.29, 0.717) is 0 Å². The van der Waals surface area contributed by atoms with Gasteiger partial charge in [0.05, 0.1) is 0 Å². The molecule has 3 rings (SSSR count). The van der Waals surface area contributed by atoms with Crippen molar-refractivity contribution in [1.29, 1.82) is 0 Å². The van der Waals surface area contributed by atoms with Crippen molar-refractivity contribution in [2.45, 2.75) is 6.18 Å². The summed E-state index contributed by atoms with van der Waals surface area (Å²) in [6, 6.07) is 13.5. The maximum absolute atomic E-state index is 13.0. The fourth-order valence-electron chi connectivity index (χ4n) is 1.86. The Balaban J connectivity index is 0.000000188. The number of hydrogen-bond donors (Lipinski definition) is 1. The van der Waals surface area contributed by atoms with E-state index in [-0.39, 0.29) is 27.0 Å². The monoisotopic (exact) mass is 461 g/mol. The normalized spacial score (nSPS) is 12.9. The molecular weight excluding hydrogens is 451 g/mol. The van der Waals surface area contributed by atoms with Gasteiger partial charge < -0.3 is 0 Å². The maximum Gasteiger partial charge on any atom is 0.405 e. The van der Waals surface area contributed by atoms with E-state index in [1.165, 1.54) is 18.3 Å². The summed E-state index contributed by atoms with van der Waals surface area (Å²) in [5, 5.41) is 0. The molecule has 23 heavy (non-hydrogen) atoms. The van der Waals surface area contributed by atoms with Crippen LogP contribution >= 0.6 is 0 Å². The van der Waals surface area contributed by atoms with Crippen molar-refractivity contribution < 1.29 is 51.7 Å². The molecule has 2 aromatic rings. The summed E-state index contributed by atoms with van der Waals surface area (Å²) in [5.74, 6) is -2.30. The van der Waals surface area contributed by atoms with Gasteiger partial charge in [-0.15, -0.1) is 0 Å². The van der Waals surface area contributed by atoms with Crippen LogP contribution in [0.25, 0.3) is 11.1 Å². The van der Waals surface area contributed by atoms with Gasteiger partial charge in [-0.3, -0.25) is 4.55 Å². The predicted molar refractivity (Wildman–Crippen MR) is 71.7 cm³/mol. The van der Waals surface area contributed by atoms with Crippen molar-refractivity contribution in [3.05, 3.63) is 55.4 Å². The van der Waals surface area contributed by atoms with E-state index in [9.17, 15) is 26.0 Å². The topological polar surface area (TPSA) is 54.4 Å². The summed E-state index contributed by atoms with van der Waals surface area (Å²) in [7, 11) is -4.91. The lowest BCUT2D eigenvalue weighted by Gasteiger charge is -2.00. The summed E-state index contributed by atoms with van der Waals surface area (Å²) >= 11 is -0.154. The van der Waals surface area contributed by atoms with Gasteiger partial charge in [0.2, 0.25) is 7.14 Å². The third kappa shape index (κ3) is 5.43. The Kier molecular flexibility index (Phi) is 5.31. The maximum atomic E-state index is 13.0. The average Bonchev–Trinajstić information content (AvgIpc) is 2.72. The Morgan fingerprint density at radius 1 is 1.00 bits per heavy atom. The average molecular weight is 461 g/mol. The minimum Gasteiger partial charge on any atom is -0.285 e. The van der Waals surface area contributed by atoms with Gasteiger partial charge in [0.1, 0.15) is 5.82 Å². The number of fused-ring (bicyclic) bond motifs is 3. The number of halogens is 5. The highest BCUT2D eigenvalue weighted by atomic mass is 127. The quantitative estimate of drug-likeness (QED) is 0.324. The first-order valence-corrected chi connectivity index (χ1v) is 9.87. The Morgan fingerprint density at radius 2 is 1.61 bits per heavy atom. The number of alkyl halides is 3. The highest BCUT2D eigenvalue weighted by molar-refractivity contribution is 7.85. The zero-order chi connectivity index (χ0) is 17.3. The number of hydrogen-bond acceptors (Lipinski definition) is 2. The van der Waals surface area contributed by atoms with Crippen LogP contribution in [-0.2, 0) is 10.1 Å². The first-order chi connectivity index (χ1) is 10.6. The van der Waals surface area contributed by atoms with E-state index >= 15 is 0 Å². The Morgan fingerprint density at radius 3 is 2.17 bits per heavy atom. The Hall–Kier alpha value is -1.20. The van der Waals surface area contributed by atoms with Crippen LogP contribution in [0.4, 0.5) is 17.6 Å². The number of rotatable bonds is 1. The zero-order valence-corrected chi connectivity index (χ0v) is 14.3. The standard InChI is InChI=1S/C12H7FI.C2H3F3O3S/c13-8-5-6-10-9-3-1-2-4-11(9)14-12(10)7-8;3-2(4,5)1-9(6,7)8/h1-7H;1H2,(H,6,7,8)/q+1;. The van der Waals surface area contributed by atoms with E-state index < -0.39 is 22.0 Å². The SMILES string of the molecule is Fc1ccc2c(c1)[I+]c1ccccc1-2.O=S(=O)(O)CC(F)(F)F. The van der Waals surface area contributed by atoms with Crippen LogP contribution in [0.5, 0.6) is 0 Å². The minimum atomic E-state index is -4.91. The van der Waals surface area contributed by atoms with Gasteiger partial charge in [0.25, 0.3) is 10.1 Å². The molecule has 0 saturated carbocycles. The van der Waals surface area contributed by atoms with Gasteiger partial charge in [0.15, 0.2) is 5.75 Å². The van der Waals surface area contributed by atoms with Crippen molar-refractivity contribution in [2.24, 2.45) is 0 Å². The fourth-order valence-corrected chi connectivity index (χ4v) is 5.27. The highest BCUT2D eigenvalue weighted by Crippen LogP contribution is 2.22. The van der Waals surface area contributed by atoms with Crippen LogP contribution in [0.1, 0.15) is 0 Å². The minimum absolute atomic E-state index is 0.115.